The van der Waals surface area contributed by atoms with Crippen LogP contribution in [0.2, 0.25) is 0 Å². The monoisotopic (exact) mass is 490 g/mol. The van der Waals surface area contributed by atoms with Crippen LogP contribution in [0.15, 0.2) is 69.9 Å². The summed E-state index contributed by atoms with van der Waals surface area (Å²) in [5.74, 6) is 0.848. The Balaban J connectivity index is 0.000000606. The quantitative estimate of drug-likeness (QED) is 0.295. The van der Waals surface area contributed by atoms with Gasteiger partial charge in [0.05, 0.1) is 5.39 Å². The largest absolute Gasteiger partial charge is 0.542 e. The fraction of sp³-hybridized carbons (Fsp3) is 0.0833. The zero-order valence-electron chi connectivity index (χ0n) is 16.4. The van der Waals surface area contributed by atoms with Crippen molar-refractivity contribution in [3.63, 3.8) is 0 Å². The standard InChI is InChI=1S/C22H14O3S.C2H3O.Y/c1-12-11-18(24)15-7-4-6-13(21(15)25-12)14-9-10-17(23)20-16-5-2-3-8-19(16)26-22(14)20;1-2-3;/h2-11,23H,1H3;1H3;/q;-1;. The predicted molar refractivity (Wildman–Crippen MR) is 119 cm³/mol. The van der Waals surface area contributed by atoms with Crippen LogP contribution in [0.25, 0.3) is 42.3 Å². The van der Waals surface area contributed by atoms with Crippen molar-refractivity contribution in [3.8, 4) is 16.9 Å². The molecule has 0 fully saturated rings. The molecule has 0 aliphatic heterocycles. The van der Waals surface area contributed by atoms with Gasteiger partial charge in [0.1, 0.15) is 17.1 Å². The first kappa shape index (κ1) is 22.4. The first-order valence-electron chi connectivity index (χ1n) is 9.01. The SMILES string of the molecule is C[C-]=O.Cc1cc(=O)c2cccc(-c3ccc(O)c4c3sc3ccccc34)c2o1.[Y]. The normalized spacial score (nSPS) is 10.5. The van der Waals surface area contributed by atoms with Crippen LogP contribution in [-0.2, 0) is 37.5 Å². The Bertz CT molecular complexity index is 1430. The predicted octanol–water partition coefficient (Wildman–Crippen LogP) is 5.96. The second-order valence-electron chi connectivity index (χ2n) is 6.54. The average molecular weight is 490 g/mol. The van der Waals surface area contributed by atoms with E-state index in [-0.39, 0.29) is 43.9 Å². The number of phenolic OH excluding ortho intramolecular Hbond substituents is 1. The first-order valence-corrected chi connectivity index (χ1v) is 9.82. The molecule has 30 heavy (non-hydrogen) atoms. The van der Waals surface area contributed by atoms with Gasteiger partial charge in [0.2, 0.25) is 0 Å². The molecule has 0 amide bonds. The molecule has 0 bridgehead atoms. The van der Waals surface area contributed by atoms with Crippen LogP contribution < -0.4 is 5.43 Å². The van der Waals surface area contributed by atoms with E-state index in [1.807, 2.05) is 36.4 Å². The number of aryl methyl sites for hydroxylation is 1. The van der Waals surface area contributed by atoms with Crippen LogP contribution >= 0.6 is 11.3 Å². The van der Waals surface area contributed by atoms with Crippen molar-refractivity contribution in [2.45, 2.75) is 13.8 Å². The molecule has 0 saturated carbocycles. The van der Waals surface area contributed by atoms with Gasteiger partial charge in [0.25, 0.3) is 0 Å². The molecular formula is C24H17O4SY-. The third-order valence-electron chi connectivity index (χ3n) is 4.67. The minimum Gasteiger partial charge on any atom is -0.542 e. The van der Waals surface area contributed by atoms with Crippen LogP contribution in [0.5, 0.6) is 5.75 Å². The van der Waals surface area contributed by atoms with Gasteiger partial charge in [-0.15, -0.1) is 11.3 Å². The van der Waals surface area contributed by atoms with Gasteiger partial charge in [-0.05, 0) is 31.2 Å². The van der Waals surface area contributed by atoms with Crippen molar-refractivity contribution in [1.82, 2.24) is 0 Å². The van der Waals surface area contributed by atoms with E-state index in [0.717, 1.165) is 31.3 Å². The molecule has 5 rings (SSSR count). The maximum Gasteiger partial charge on any atom is 0.192 e. The van der Waals surface area contributed by atoms with Crippen molar-refractivity contribution in [1.29, 1.82) is 0 Å². The van der Waals surface area contributed by atoms with Crippen molar-refractivity contribution < 1.29 is 47.0 Å². The number of hydrogen-bond donors (Lipinski definition) is 1. The van der Waals surface area contributed by atoms with Gasteiger partial charge in [-0.25, -0.2) is 0 Å². The maximum atomic E-state index is 12.3. The van der Waals surface area contributed by atoms with E-state index in [9.17, 15) is 9.90 Å². The molecule has 2 heterocycles. The van der Waals surface area contributed by atoms with Crippen molar-refractivity contribution in [3.05, 3.63) is 76.6 Å². The van der Waals surface area contributed by atoms with E-state index in [2.05, 4.69) is 6.07 Å². The van der Waals surface area contributed by atoms with Gasteiger partial charge in [-0.1, -0.05) is 30.3 Å². The number of carbonyl (C=O) groups excluding carboxylic acids is 1. The van der Waals surface area contributed by atoms with Crippen LogP contribution in [0.1, 0.15) is 12.7 Å². The van der Waals surface area contributed by atoms with Gasteiger partial charge in [0, 0.05) is 70.1 Å². The zero-order chi connectivity index (χ0) is 20.5. The average Bonchev–Trinajstić information content (AvgIpc) is 3.09. The van der Waals surface area contributed by atoms with E-state index < -0.39 is 0 Å². The molecular weight excluding hydrogens is 473 g/mol. The number of para-hydroxylation sites is 1. The molecule has 3 aromatic carbocycles. The van der Waals surface area contributed by atoms with E-state index in [4.69, 9.17) is 9.21 Å². The van der Waals surface area contributed by atoms with Gasteiger partial charge in [-0.2, -0.15) is 6.92 Å². The summed E-state index contributed by atoms with van der Waals surface area (Å²) >= 11 is 1.63. The fourth-order valence-corrected chi connectivity index (χ4v) is 4.78. The second kappa shape index (κ2) is 9.21. The summed E-state index contributed by atoms with van der Waals surface area (Å²) in [5.41, 5.74) is 2.36. The van der Waals surface area contributed by atoms with Crippen molar-refractivity contribution in [2.24, 2.45) is 0 Å². The van der Waals surface area contributed by atoms with E-state index in [1.54, 1.807) is 30.4 Å². The van der Waals surface area contributed by atoms with Gasteiger partial charge < -0.3 is 14.3 Å². The minimum absolute atomic E-state index is 0. The van der Waals surface area contributed by atoms with E-state index in [0.29, 0.717) is 16.7 Å². The minimum atomic E-state index is -0.0445. The maximum absolute atomic E-state index is 12.3. The summed E-state index contributed by atoms with van der Waals surface area (Å²) in [6.45, 7) is 3.10. The van der Waals surface area contributed by atoms with E-state index >= 15 is 0 Å². The Morgan fingerprint density at radius 1 is 0.967 bits per heavy atom. The molecule has 1 N–H and O–H groups in total. The summed E-state index contributed by atoms with van der Waals surface area (Å²) in [6, 6.07) is 18.8. The molecule has 0 aliphatic rings. The number of thiophene rings is 1. The Labute approximate surface area is 202 Å². The Morgan fingerprint density at radius 3 is 2.43 bits per heavy atom. The molecule has 5 aromatic rings. The van der Waals surface area contributed by atoms with Crippen LogP contribution in [-0.4, -0.2) is 11.4 Å². The topological polar surface area (TPSA) is 67.5 Å². The van der Waals surface area contributed by atoms with Gasteiger partial charge in [0.15, 0.2) is 5.43 Å². The molecule has 4 nitrogen and oxygen atoms in total. The second-order valence-corrected chi connectivity index (χ2v) is 7.59. The van der Waals surface area contributed by atoms with Gasteiger partial charge >= 0.3 is 0 Å². The Morgan fingerprint density at radius 2 is 1.67 bits per heavy atom. The number of hydrogen-bond acceptors (Lipinski definition) is 5. The van der Waals surface area contributed by atoms with Crippen LogP contribution in [0.3, 0.4) is 0 Å². The van der Waals surface area contributed by atoms with Crippen LogP contribution in [0.4, 0.5) is 0 Å². The third-order valence-corrected chi connectivity index (χ3v) is 5.88. The molecule has 1 radical (unpaired) electrons. The van der Waals surface area contributed by atoms with Crippen molar-refractivity contribution in [2.75, 3.05) is 0 Å². The third kappa shape index (κ3) is 3.85. The summed E-state index contributed by atoms with van der Waals surface area (Å²) in [6.07, 6.45) is 1.50. The Hall–Kier alpha value is -2.34. The van der Waals surface area contributed by atoms with Crippen LogP contribution in [0, 0.1) is 6.92 Å². The molecule has 0 atom stereocenters. The molecule has 0 aliphatic carbocycles. The molecule has 0 unspecified atom stereocenters. The fourth-order valence-electron chi connectivity index (χ4n) is 3.53. The summed E-state index contributed by atoms with van der Waals surface area (Å²) in [7, 11) is 0. The molecule has 0 saturated heterocycles. The number of aromatic hydroxyl groups is 1. The van der Waals surface area contributed by atoms with E-state index in [1.165, 1.54) is 19.3 Å². The first-order chi connectivity index (χ1) is 14.0. The number of rotatable bonds is 1. The van der Waals surface area contributed by atoms with Gasteiger partial charge in [-0.3, -0.25) is 11.1 Å². The summed E-state index contributed by atoms with van der Waals surface area (Å²) in [5, 5.41) is 12.9. The summed E-state index contributed by atoms with van der Waals surface area (Å²) in [4.78, 5) is 21.0. The summed E-state index contributed by atoms with van der Waals surface area (Å²) < 4.78 is 8.03. The van der Waals surface area contributed by atoms with Crippen molar-refractivity contribution >= 4 is 48.8 Å². The molecule has 147 valence electrons. The Kier molecular flexibility index (Phi) is 6.86. The molecule has 6 heteroatoms. The molecule has 2 aromatic heterocycles. The zero-order valence-corrected chi connectivity index (χ0v) is 20.1. The number of benzene rings is 3. The molecule has 0 spiro atoms. The number of phenols is 1. The number of fused-ring (bicyclic) bond motifs is 4. The smallest absolute Gasteiger partial charge is 0.192 e.